The second-order valence-corrected chi connectivity index (χ2v) is 6.63. The number of ether oxygens (including phenoxy) is 1. The molecule has 0 radical (unpaired) electrons. The summed E-state index contributed by atoms with van der Waals surface area (Å²) >= 11 is 0. The van der Waals surface area contributed by atoms with Crippen LogP contribution < -0.4 is 10.6 Å². The number of nitrogens with one attached hydrogen (secondary N) is 2. The molecular formula is C20H26N4O2. The van der Waals surface area contributed by atoms with Gasteiger partial charge in [0.1, 0.15) is 0 Å². The van der Waals surface area contributed by atoms with Gasteiger partial charge < -0.3 is 15.4 Å². The molecule has 0 unspecified atom stereocenters. The molecule has 6 nitrogen and oxygen atoms in total. The summed E-state index contributed by atoms with van der Waals surface area (Å²) < 4.78 is 5.59. The molecule has 1 saturated heterocycles. The molecule has 0 aliphatic carbocycles. The van der Waals surface area contributed by atoms with E-state index in [4.69, 9.17) is 4.74 Å². The summed E-state index contributed by atoms with van der Waals surface area (Å²) in [6, 6.07) is 12.0. The van der Waals surface area contributed by atoms with Crippen molar-refractivity contribution in [1.82, 2.24) is 20.5 Å². The molecule has 1 atom stereocenters. The first-order valence-corrected chi connectivity index (χ1v) is 9.01. The minimum absolute atomic E-state index is 0.179. The number of pyridine rings is 1. The molecule has 6 heteroatoms. The summed E-state index contributed by atoms with van der Waals surface area (Å²) in [5.74, 6) is 0. The third kappa shape index (κ3) is 5.82. The lowest BCUT2D eigenvalue weighted by Gasteiger charge is -2.31. The summed E-state index contributed by atoms with van der Waals surface area (Å²) in [5, 5.41) is 5.75. The molecule has 2 heterocycles. The monoisotopic (exact) mass is 354 g/mol. The smallest absolute Gasteiger partial charge is 0.315 e. The number of urea groups is 1. The molecule has 0 spiro atoms. The predicted molar refractivity (Wildman–Crippen MR) is 100 cm³/mol. The molecule has 138 valence electrons. The molecule has 0 bridgehead atoms. The van der Waals surface area contributed by atoms with Crippen LogP contribution in [0.4, 0.5) is 4.79 Å². The Hall–Kier alpha value is -2.44. The highest BCUT2D eigenvalue weighted by molar-refractivity contribution is 5.73. The lowest BCUT2D eigenvalue weighted by atomic mass is 10.1. The highest BCUT2D eigenvalue weighted by Gasteiger charge is 2.16. The zero-order valence-electron chi connectivity index (χ0n) is 15.1. The average molecular weight is 354 g/mol. The highest BCUT2D eigenvalue weighted by Crippen LogP contribution is 2.12. The predicted octanol–water partition coefficient (Wildman–Crippen LogP) is 2.30. The van der Waals surface area contributed by atoms with E-state index >= 15 is 0 Å². The Morgan fingerprint density at radius 2 is 1.96 bits per heavy atom. The van der Waals surface area contributed by atoms with Gasteiger partial charge in [0.25, 0.3) is 0 Å². The Bertz CT molecular complexity index is 708. The summed E-state index contributed by atoms with van der Waals surface area (Å²) in [6.07, 6.45) is 3.75. The van der Waals surface area contributed by atoms with Crippen LogP contribution in [0.5, 0.6) is 0 Å². The molecule has 2 amide bonds. The lowest BCUT2D eigenvalue weighted by molar-refractivity contribution is -0.0212. The first kappa shape index (κ1) is 18.4. The minimum Gasteiger partial charge on any atom is -0.376 e. The van der Waals surface area contributed by atoms with Crippen molar-refractivity contribution in [2.24, 2.45) is 0 Å². The van der Waals surface area contributed by atoms with Gasteiger partial charge in [-0.2, -0.15) is 0 Å². The van der Waals surface area contributed by atoms with Crippen LogP contribution in [0.25, 0.3) is 0 Å². The minimum atomic E-state index is -0.179. The molecule has 2 N–H and O–H groups in total. The third-order valence-corrected chi connectivity index (χ3v) is 4.35. The van der Waals surface area contributed by atoms with E-state index in [0.29, 0.717) is 13.1 Å². The maximum Gasteiger partial charge on any atom is 0.315 e. The van der Waals surface area contributed by atoms with Gasteiger partial charge >= 0.3 is 6.03 Å². The quantitative estimate of drug-likeness (QED) is 0.835. The Balaban J connectivity index is 1.45. The summed E-state index contributed by atoms with van der Waals surface area (Å²) in [4.78, 5) is 18.4. The number of carbonyl (C=O) groups is 1. The van der Waals surface area contributed by atoms with E-state index < -0.39 is 0 Å². The fourth-order valence-corrected chi connectivity index (χ4v) is 3.06. The largest absolute Gasteiger partial charge is 0.376 e. The van der Waals surface area contributed by atoms with Gasteiger partial charge in [-0.25, -0.2) is 4.79 Å². The Labute approximate surface area is 154 Å². The maximum absolute atomic E-state index is 12.0. The number of aromatic nitrogens is 1. The van der Waals surface area contributed by atoms with Crippen molar-refractivity contribution in [2.75, 3.05) is 19.7 Å². The fourth-order valence-electron chi connectivity index (χ4n) is 3.06. The van der Waals surface area contributed by atoms with E-state index in [1.165, 1.54) is 5.56 Å². The van der Waals surface area contributed by atoms with Gasteiger partial charge in [0, 0.05) is 45.1 Å². The van der Waals surface area contributed by atoms with Crippen molar-refractivity contribution in [2.45, 2.75) is 32.7 Å². The number of morpholine rings is 1. The van der Waals surface area contributed by atoms with Gasteiger partial charge in [-0.3, -0.25) is 9.88 Å². The molecular weight excluding hydrogens is 328 g/mol. The number of benzene rings is 1. The molecule has 1 aromatic carbocycles. The normalized spacial score (nSPS) is 17.7. The molecule has 1 aromatic heterocycles. The molecule has 2 aromatic rings. The van der Waals surface area contributed by atoms with Crippen LogP contribution in [0.2, 0.25) is 0 Å². The van der Waals surface area contributed by atoms with Crippen LogP contribution in [0.15, 0.2) is 48.8 Å². The number of rotatable bonds is 6. The molecule has 1 aliphatic rings. The second kappa shape index (κ2) is 9.31. The van der Waals surface area contributed by atoms with Crippen molar-refractivity contribution in [3.8, 4) is 0 Å². The van der Waals surface area contributed by atoms with Gasteiger partial charge in [0.2, 0.25) is 0 Å². The van der Waals surface area contributed by atoms with E-state index in [2.05, 4.69) is 39.6 Å². The zero-order chi connectivity index (χ0) is 18.2. The van der Waals surface area contributed by atoms with E-state index in [1.54, 1.807) is 12.4 Å². The molecule has 0 saturated carbocycles. The number of hydrogen-bond donors (Lipinski definition) is 2. The Morgan fingerprint density at radius 1 is 1.19 bits per heavy atom. The van der Waals surface area contributed by atoms with Crippen LogP contribution in [0.3, 0.4) is 0 Å². The van der Waals surface area contributed by atoms with E-state index in [1.807, 2.05) is 24.3 Å². The fraction of sp³-hybridized carbons (Fsp3) is 0.400. The van der Waals surface area contributed by atoms with E-state index in [9.17, 15) is 4.79 Å². The van der Waals surface area contributed by atoms with Crippen LogP contribution in [-0.4, -0.2) is 41.7 Å². The van der Waals surface area contributed by atoms with Crippen LogP contribution in [0.1, 0.15) is 23.6 Å². The third-order valence-electron chi connectivity index (χ3n) is 4.35. The van der Waals surface area contributed by atoms with Crippen molar-refractivity contribution < 1.29 is 9.53 Å². The van der Waals surface area contributed by atoms with Gasteiger partial charge in [-0.15, -0.1) is 0 Å². The lowest BCUT2D eigenvalue weighted by Crippen LogP contribution is -2.40. The van der Waals surface area contributed by atoms with Crippen molar-refractivity contribution in [3.63, 3.8) is 0 Å². The van der Waals surface area contributed by atoms with Gasteiger partial charge in [0.05, 0.1) is 12.7 Å². The molecule has 1 fully saturated rings. The summed E-state index contributed by atoms with van der Waals surface area (Å²) in [5.41, 5.74) is 3.33. The molecule has 26 heavy (non-hydrogen) atoms. The van der Waals surface area contributed by atoms with E-state index in [-0.39, 0.29) is 12.1 Å². The summed E-state index contributed by atoms with van der Waals surface area (Å²) in [6.45, 7) is 6.70. The number of carbonyl (C=O) groups excluding carboxylic acids is 1. The standard InChI is InChI=1S/C20H26N4O2/c1-16-14-24(8-9-26-16)15-18-5-2-4-17(10-18)12-22-20(25)23-13-19-6-3-7-21-11-19/h2-7,10-11,16H,8-9,12-15H2,1H3,(H2,22,23,25)/t16-/m1/s1. The maximum atomic E-state index is 12.0. The first-order chi connectivity index (χ1) is 12.7. The first-order valence-electron chi connectivity index (χ1n) is 9.01. The summed E-state index contributed by atoms with van der Waals surface area (Å²) in [7, 11) is 0. The Morgan fingerprint density at radius 3 is 2.73 bits per heavy atom. The topological polar surface area (TPSA) is 66.5 Å². The van der Waals surface area contributed by atoms with Crippen molar-refractivity contribution in [3.05, 3.63) is 65.5 Å². The van der Waals surface area contributed by atoms with Crippen LogP contribution in [0, 0.1) is 0 Å². The average Bonchev–Trinajstić information content (AvgIpc) is 2.66. The Kier molecular flexibility index (Phi) is 6.57. The molecule has 1 aliphatic heterocycles. The van der Waals surface area contributed by atoms with Crippen molar-refractivity contribution in [1.29, 1.82) is 0 Å². The van der Waals surface area contributed by atoms with Gasteiger partial charge in [0.15, 0.2) is 0 Å². The van der Waals surface area contributed by atoms with Gasteiger partial charge in [-0.05, 0) is 29.7 Å². The molecule has 3 rings (SSSR count). The van der Waals surface area contributed by atoms with Crippen LogP contribution in [-0.2, 0) is 24.4 Å². The number of nitrogens with zero attached hydrogens (tertiary/aromatic N) is 2. The number of hydrogen-bond acceptors (Lipinski definition) is 4. The SMILES string of the molecule is C[C@@H]1CN(Cc2cccc(CNC(=O)NCc3cccnc3)c2)CCO1. The van der Waals surface area contributed by atoms with Crippen LogP contribution >= 0.6 is 0 Å². The zero-order valence-corrected chi connectivity index (χ0v) is 15.1. The highest BCUT2D eigenvalue weighted by atomic mass is 16.5. The van der Waals surface area contributed by atoms with Crippen molar-refractivity contribution >= 4 is 6.03 Å². The second-order valence-electron chi connectivity index (χ2n) is 6.63. The van der Waals surface area contributed by atoms with Gasteiger partial charge in [-0.1, -0.05) is 30.3 Å². The van der Waals surface area contributed by atoms with E-state index in [0.717, 1.165) is 37.4 Å². The number of amides is 2.